The molecular weight excluding hydrogens is 330 g/mol. The number of nitrogens with one attached hydrogen (secondary N) is 1. The summed E-state index contributed by atoms with van der Waals surface area (Å²) in [5.74, 6) is 0. The normalized spacial score (nSPS) is 12.0. The zero-order valence-electron chi connectivity index (χ0n) is 19.6. The van der Waals surface area contributed by atoms with E-state index in [1.165, 1.54) is 116 Å². The average Bonchev–Trinajstić information content (AvgIpc) is 2.62. The van der Waals surface area contributed by atoms with Gasteiger partial charge in [0.05, 0.1) is 6.61 Å². The van der Waals surface area contributed by atoms with Crippen molar-refractivity contribution >= 4 is 0 Å². The van der Waals surface area contributed by atoms with Crippen molar-refractivity contribution in [2.75, 3.05) is 13.2 Å². The Balaban J connectivity index is 3.01. The van der Waals surface area contributed by atoms with E-state index in [2.05, 4.69) is 33.2 Å². The molecule has 0 rings (SSSR count). The first-order chi connectivity index (χ1) is 13.1. The van der Waals surface area contributed by atoms with Crippen molar-refractivity contribution < 1.29 is 4.84 Å². The summed E-state index contributed by atoms with van der Waals surface area (Å²) >= 11 is 0. The molecule has 1 N–H and O–H groups in total. The summed E-state index contributed by atoms with van der Waals surface area (Å²) in [4.78, 5) is 5.54. The van der Waals surface area contributed by atoms with Crippen LogP contribution in [0.3, 0.4) is 0 Å². The molecule has 0 amide bonds. The summed E-state index contributed by atoms with van der Waals surface area (Å²) in [7, 11) is 0. The van der Waals surface area contributed by atoms with Gasteiger partial charge in [0.1, 0.15) is 0 Å². The van der Waals surface area contributed by atoms with Crippen LogP contribution in [0.2, 0.25) is 0 Å². The van der Waals surface area contributed by atoms with Crippen LogP contribution in [0.5, 0.6) is 0 Å². The van der Waals surface area contributed by atoms with Crippen molar-refractivity contribution in [2.24, 2.45) is 5.41 Å². The summed E-state index contributed by atoms with van der Waals surface area (Å²) in [5, 5.41) is 0. The van der Waals surface area contributed by atoms with Gasteiger partial charge >= 0.3 is 0 Å². The van der Waals surface area contributed by atoms with Gasteiger partial charge in [0.2, 0.25) is 0 Å². The number of unbranched alkanes of at least 4 members (excludes halogenated alkanes) is 15. The largest absolute Gasteiger partial charge is 0.302 e. The van der Waals surface area contributed by atoms with E-state index in [9.17, 15) is 0 Å². The molecule has 0 fully saturated rings. The minimum absolute atomic E-state index is 0.519. The van der Waals surface area contributed by atoms with Gasteiger partial charge in [0.25, 0.3) is 0 Å². The van der Waals surface area contributed by atoms with E-state index in [1.807, 2.05) is 0 Å². The summed E-state index contributed by atoms with van der Waals surface area (Å²) in [6, 6.07) is 0. The van der Waals surface area contributed by atoms with Crippen LogP contribution in [0.1, 0.15) is 143 Å². The van der Waals surface area contributed by atoms with Gasteiger partial charge < -0.3 is 4.84 Å². The maximum absolute atomic E-state index is 5.54. The second kappa shape index (κ2) is 20.6. The molecule has 0 aliphatic rings. The van der Waals surface area contributed by atoms with Crippen molar-refractivity contribution in [2.45, 2.75) is 143 Å². The lowest BCUT2D eigenvalue weighted by molar-refractivity contribution is 0.0376. The lowest BCUT2D eigenvalue weighted by atomic mass is 9.89. The van der Waals surface area contributed by atoms with Crippen molar-refractivity contribution in [1.29, 1.82) is 0 Å². The van der Waals surface area contributed by atoms with Crippen molar-refractivity contribution in [3.8, 4) is 0 Å². The highest BCUT2D eigenvalue weighted by molar-refractivity contribution is 4.61. The second-order valence-corrected chi connectivity index (χ2v) is 9.71. The molecule has 164 valence electrons. The topological polar surface area (TPSA) is 21.3 Å². The third-order valence-corrected chi connectivity index (χ3v) is 5.41. The van der Waals surface area contributed by atoms with E-state index >= 15 is 0 Å². The first kappa shape index (κ1) is 26.9. The Morgan fingerprint density at radius 2 is 1.00 bits per heavy atom. The van der Waals surface area contributed by atoms with Gasteiger partial charge in [-0.3, -0.25) is 0 Å². The Morgan fingerprint density at radius 3 is 1.52 bits per heavy atom. The third kappa shape index (κ3) is 25.9. The van der Waals surface area contributed by atoms with Gasteiger partial charge in [-0.2, -0.15) is 0 Å². The number of rotatable bonds is 21. The zero-order chi connectivity index (χ0) is 20.1. The lowest BCUT2D eigenvalue weighted by Gasteiger charge is -2.17. The molecular formula is C25H53NO. The Kier molecular flexibility index (Phi) is 20.6. The highest BCUT2D eigenvalue weighted by Crippen LogP contribution is 2.22. The Morgan fingerprint density at radius 1 is 0.556 bits per heavy atom. The van der Waals surface area contributed by atoms with E-state index in [4.69, 9.17) is 4.84 Å². The van der Waals surface area contributed by atoms with Crippen molar-refractivity contribution in [3.63, 3.8) is 0 Å². The van der Waals surface area contributed by atoms with Crippen LogP contribution in [-0.2, 0) is 4.84 Å². The zero-order valence-corrected chi connectivity index (χ0v) is 19.6. The standard InChI is InChI=1S/C25H53NO/c1-5-6-7-8-9-14-17-20-23-26-27-24-21-18-15-12-10-11-13-16-19-22-25(2,3)4/h26H,5-24H2,1-4H3. The SMILES string of the molecule is CCCCCCCCCCNOCCCCCCCCCCCC(C)(C)C. The summed E-state index contributed by atoms with van der Waals surface area (Å²) in [5.41, 5.74) is 3.66. The van der Waals surface area contributed by atoms with Gasteiger partial charge in [0.15, 0.2) is 0 Å². The smallest absolute Gasteiger partial charge is 0.0682 e. The predicted octanol–water partition coefficient (Wildman–Crippen LogP) is 8.60. The van der Waals surface area contributed by atoms with Crippen LogP contribution >= 0.6 is 0 Å². The van der Waals surface area contributed by atoms with E-state index in [-0.39, 0.29) is 0 Å². The lowest BCUT2D eigenvalue weighted by Crippen LogP contribution is -2.16. The molecule has 0 aromatic rings. The summed E-state index contributed by atoms with van der Waals surface area (Å²) in [6.07, 6.45) is 24.8. The fraction of sp³-hybridized carbons (Fsp3) is 1.00. The maximum atomic E-state index is 5.54. The van der Waals surface area contributed by atoms with Gasteiger partial charge in [-0.25, -0.2) is 5.48 Å². The van der Waals surface area contributed by atoms with Gasteiger partial charge in [-0.1, -0.05) is 124 Å². The summed E-state index contributed by atoms with van der Waals surface area (Å²) in [6.45, 7) is 11.2. The molecule has 0 saturated carbocycles. The highest BCUT2D eigenvalue weighted by Gasteiger charge is 2.08. The molecule has 0 bridgehead atoms. The number of hydrogen-bond acceptors (Lipinski definition) is 2. The molecule has 0 aromatic carbocycles. The molecule has 0 aliphatic heterocycles. The summed E-state index contributed by atoms with van der Waals surface area (Å²) < 4.78 is 0. The number of hydrogen-bond donors (Lipinski definition) is 1. The molecule has 0 heterocycles. The molecule has 0 radical (unpaired) electrons. The number of hydroxylamine groups is 1. The van der Waals surface area contributed by atoms with E-state index in [0.717, 1.165) is 13.2 Å². The Bertz CT molecular complexity index is 272. The first-order valence-electron chi connectivity index (χ1n) is 12.4. The maximum Gasteiger partial charge on any atom is 0.0682 e. The Labute approximate surface area is 172 Å². The van der Waals surface area contributed by atoms with Crippen molar-refractivity contribution in [1.82, 2.24) is 5.48 Å². The van der Waals surface area contributed by atoms with E-state index in [1.54, 1.807) is 0 Å². The third-order valence-electron chi connectivity index (χ3n) is 5.41. The molecule has 0 aromatic heterocycles. The predicted molar refractivity (Wildman–Crippen MR) is 122 cm³/mol. The minimum Gasteiger partial charge on any atom is -0.302 e. The minimum atomic E-state index is 0.519. The van der Waals surface area contributed by atoms with Gasteiger partial charge in [-0.15, -0.1) is 0 Å². The molecule has 27 heavy (non-hydrogen) atoms. The van der Waals surface area contributed by atoms with E-state index < -0.39 is 0 Å². The molecule has 0 aliphatic carbocycles. The fourth-order valence-electron chi connectivity index (χ4n) is 3.54. The van der Waals surface area contributed by atoms with E-state index in [0.29, 0.717) is 5.41 Å². The monoisotopic (exact) mass is 383 g/mol. The molecule has 2 heteroatoms. The van der Waals surface area contributed by atoms with Crippen LogP contribution in [0.15, 0.2) is 0 Å². The molecule has 2 nitrogen and oxygen atoms in total. The molecule has 0 unspecified atom stereocenters. The van der Waals surface area contributed by atoms with Crippen LogP contribution in [0.25, 0.3) is 0 Å². The first-order valence-corrected chi connectivity index (χ1v) is 12.4. The average molecular weight is 384 g/mol. The van der Waals surface area contributed by atoms with Crippen LogP contribution in [-0.4, -0.2) is 13.2 Å². The molecule has 0 saturated heterocycles. The fourth-order valence-corrected chi connectivity index (χ4v) is 3.54. The highest BCUT2D eigenvalue weighted by atomic mass is 16.6. The van der Waals surface area contributed by atoms with Gasteiger partial charge in [0, 0.05) is 6.54 Å². The quantitative estimate of drug-likeness (QED) is 0.158. The Hall–Kier alpha value is -0.0800. The van der Waals surface area contributed by atoms with Crippen molar-refractivity contribution in [3.05, 3.63) is 0 Å². The van der Waals surface area contributed by atoms with Crippen LogP contribution < -0.4 is 5.48 Å². The van der Waals surface area contributed by atoms with Crippen LogP contribution in [0.4, 0.5) is 0 Å². The molecule has 0 spiro atoms. The van der Waals surface area contributed by atoms with Crippen LogP contribution in [0, 0.1) is 5.41 Å². The van der Waals surface area contributed by atoms with Gasteiger partial charge in [-0.05, 0) is 24.7 Å². The second-order valence-electron chi connectivity index (χ2n) is 9.71. The molecule has 0 atom stereocenters.